The second kappa shape index (κ2) is 4.65. The molecule has 0 saturated heterocycles. The summed E-state index contributed by atoms with van der Waals surface area (Å²) in [6.07, 6.45) is 4.53. The average molecular weight is 167 g/mol. The first-order chi connectivity index (χ1) is 3.93. The van der Waals surface area contributed by atoms with E-state index < -0.39 is 0 Å². The Morgan fingerprint density at radius 1 is 1.67 bits per heavy atom. The van der Waals surface area contributed by atoms with Gasteiger partial charge in [0.05, 0.1) is 6.20 Å². The Kier molecular flexibility index (Phi) is 4.54. The maximum Gasteiger partial charge on any atom is 0.0519 e. The Labute approximate surface area is 65.0 Å². The minimum Gasteiger partial charge on any atom is -0.285 e. The third kappa shape index (κ3) is 2.72. The molecule has 0 aromatic carbocycles. The van der Waals surface area contributed by atoms with Crippen LogP contribution in [0.2, 0.25) is 0 Å². The van der Waals surface area contributed by atoms with E-state index in [0.717, 1.165) is 6.42 Å². The molecule has 52 valence electrons. The van der Waals surface area contributed by atoms with E-state index in [0.29, 0.717) is 5.88 Å². The summed E-state index contributed by atoms with van der Waals surface area (Å²) in [6.45, 7) is 0. The van der Waals surface area contributed by atoms with Gasteiger partial charge in [0.1, 0.15) is 0 Å². The highest BCUT2D eigenvalue weighted by Crippen LogP contribution is 1.95. The van der Waals surface area contributed by atoms with Crippen LogP contribution >= 0.6 is 24.0 Å². The van der Waals surface area contributed by atoms with Crippen LogP contribution in [-0.4, -0.2) is 16.1 Å². The normalized spacial score (nSPS) is 8.56. The van der Waals surface area contributed by atoms with Crippen LogP contribution in [0.4, 0.5) is 0 Å². The van der Waals surface area contributed by atoms with E-state index in [4.69, 9.17) is 11.6 Å². The molecule has 0 amide bonds. The van der Waals surface area contributed by atoms with E-state index in [2.05, 4.69) is 10.2 Å². The fourth-order valence-electron chi connectivity index (χ4n) is 0.523. The van der Waals surface area contributed by atoms with Crippen molar-refractivity contribution in [1.82, 2.24) is 10.2 Å². The second-order valence-corrected chi connectivity index (χ2v) is 1.92. The zero-order chi connectivity index (χ0) is 5.82. The first kappa shape index (κ1) is 8.79. The Morgan fingerprint density at radius 2 is 2.44 bits per heavy atom. The van der Waals surface area contributed by atoms with Crippen LogP contribution in [0.1, 0.15) is 5.56 Å². The van der Waals surface area contributed by atoms with Gasteiger partial charge >= 0.3 is 0 Å². The molecule has 1 N–H and O–H groups in total. The lowest BCUT2D eigenvalue weighted by Gasteiger charge is -1.83. The fourth-order valence-corrected chi connectivity index (χ4v) is 0.742. The lowest BCUT2D eigenvalue weighted by molar-refractivity contribution is 1.09. The molecule has 0 bridgehead atoms. The van der Waals surface area contributed by atoms with E-state index >= 15 is 0 Å². The predicted molar refractivity (Wildman–Crippen MR) is 40.3 cm³/mol. The molecule has 1 aromatic heterocycles. The SMILES string of the molecule is Cl.ClCCc1cn[nH]c1. The van der Waals surface area contributed by atoms with Gasteiger partial charge in [-0.2, -0.15) is 5.10 Å². The van der Waals surface area contributed by atoms with Crippen molar-refractivity contribution in [2.75, 3.05) is 5.88 Å². The Bertz CT molecular complexity index is 139. The van der Waals surface area contributed by atoms with Crippen molar-refractivity contribution >= 4 is 24.0 Å². The van der Waals surface area contributed by atoms with Crippen LogP contribution in [0.15, 0.2) is 12.4 Å². The van der Waals surface area contributed by atoms with E-state index in [9.17, 15) is 0 Å². The molecule has 0 spiro atoms. The number of aromatic nitrogens is 2. The van der Waals surface area contributed by atoms with Gasteiger partial charge in [-0.1, -0.05) is 0 Å². The Hall–Kier alpha value is -0.210. The zero-order valence-electron chi connectivity index (χ0n) is 4.80. The molecule has 1 heterocycles. The molecule has 0 atom stereocenters. The van der Waals surface area contributed by atoms with E-state index in [-0.39, 0.29) is 12.4 Å². The van der Waals surface area contributed by atoms with Gasteiger partial charge in [0, 0.05) is 12.1 Å². The zero-order valence-corrected chi connectivity index (χ0v) is 6.37. The third-order valence-corrected chi connectivity index (χ3v) is 1.13. The number of halogens is 2. The van der Waals surface area contributed by atoms with Crippen molar-refractivity contribution in [2.45, 2.75) is 6.42 Å². The Balaban J connectivity index is 0.000000640. The minimum atomic E-state index is 0. The number of aromatic amines is 1. The minimum absolute atomic E-state index is 0. The van der Waals surface area contributed by atoms with Gasteiger partial charge in [-0.15, -0.1) is 24.0 Å². The summed E-state index contributed by atoms with van der Waals surface area (Å²) in [5.41, 5.74) is 1.17. The molecule has 0 aliphatic carbocycles. The smallest absolute Gasteiger partial charge is 0.0519 e. The van der Waals surface area contributed by atoms with E-state index in [1.165, 1.54) is 5.56 Å². The largest absolute Gasteiger partial charge is 0.285 e. The van der Waals surface area contributed by atoms with Crippen LogP contribution in [0.5, 0.6) is 0 Å². The number of rotatable bonds is 2. The second-order valence-electron chi connectivity index (χ2n) is 1.55. The van der Waals surface area contributed by atoms with Crippen molar-refractivity contribution in [1.29, 1.82) is 0 Å². The quantitative estimate of drug-likeness (QED) is 0.666. The Morgan fingerprint density at radius 3 is 2.89 bits per heavy atom. The molecule has 1 aromatic rings. The number of hydrogen-bond donors (Lipinski definition) is 1. The maximum absolute atomic E-state index is 5.45. The average Bonchev–Trinajstić information content (AvgIpc) is 2.19. The monoisotopic (exact) mass is 166 g/mol. The number of nitrogens with zero attached hydrogens (tertiary/aromatic N) is 1. The number of aryl methyl sites for hydroxylation is 1. The van der Waals surface area contributed by atoms with E-state index in [1.807, 2.05) is 6.20 Å². The molecule has 0 unspecified atom stereocenters. The molecule has 0 saturated carbocycles. The van der Waals surface area contributed by atoms with Gasteiger partial charge in [-0.05, 0) is 12.0 Å². The highest BCUT2D eigenvalue weighted by Gasteiger charge is 1.88. The highest BCUT2D eigenvalue weighted by molar-refractivity contribution is 6.17. The highest BCUT2D eigenvalue weighted by atomic mass is 35.5. The molecule has 1 rings (SSSR count). The summed E-state index contributed by atoms with van der Waals surface area (Å²) in [7, 11) is 0. The number of hydrogen-bond acceptors (Lipinski definition) is 1. The first-order valence-corrected chi connectivity index (χ1v) is 3.00. The van der Waals surface area contributed by atoms with Gasteiger partial charge in [0.25, 0.3) is 0 Å². The summed E-state index contributed by atoms with van der Waals surface area (Å²) in [4.78, 5) is 0. The standard InChI is InChI=1S/C5H7ClN2.ClH/c6-2-1-5-3-7-8-4-5;/h3-4H,1-2H2,(H,7,8);1H. The first-order valence-electron chi connectivity index (χ1n) is 2.47. The summed E-state index contributed by atoms with van der Waals surface area (Å²) < 4.78 is 0. The molecule has 0 aliphatic heterocycles. The summed E-state index contributed by atoms with van der Waals surface area (Å²) in [5.74, 6) is 0.666. The van der Waals surface area contributed by atoms with Crippen LogP contribution in [0, 0.1) is 0 Å². The summed E-state index contributed by atoms with van der Waals surface area (Å²) in [5, 5.41) is 6.46. The van der Waals surface area contributed by atoms with Gasteiger partial charge in [0.2, 0.25) is 0 Å². The molecule has 9 heavy (non-hydrogen) atoms. The number of nitrogens with one attached hydrogen (secondary N) is 1. The van der Waals surface area contributed by atoms with Gasteiger partial charge in [-0.25, -0.2) is 0 Å². The van der Waals surface area contributed by atoms with Crippen LogP contribution in [0.25, 0.3) is 0 Å². The van der Waals surface area contributed by atoms with Gasteiger partial charge in [-0.3, -0.25) is 5.10 Å². The summed E-state index contributed by atoms with van der Waals surface area (Å²) >= 11 is 5.45. The van der Waals surface area contributed by atoms with Gasteiger partial charge in [0.15, 0.2) is 0 Å². The van der Waals surface area contributed by atoms with Crippen LogP contribution < -0.4 is 0 Å². The molecule has 0 radical (unpaired) electrons. The van der Waals surface area contributed by atoms with Crippen molar-refractivity contribution in [2.24, 2.45) is 0 Å². The van der Waals surface area contributed by atoms with Crippen molar-refractivity contribution in [3.8, 4) is 0 Å². The molecule has 2 nitrogen and oxygen atoms in total. The molecular weight excluding hydrogens is 159 g/mol. The predicted octanol–water partition coefficient (Wildman–Crippen LogP) is 1.61. The third-order valence-electron chi connectivity index (χ3n) is 0.938. The molecule has 4 heteroatoms. The van der Waals surface area contributed by atoms with Crippen molar-refractivity contribution in [3.63, 3.8) is 0 Å². The van der Waals surface area contributed by atoms with Crippen molar-refractivity contribution in [3.05, 3.63) is 18.0 Å². The molecular formula is C5H8Cl2N2. The van der Waals surface area contributed by atoms with Crippen LogP contribution in [0.3, 0.4) is 0 Å². The topological polar surface area (TPSA) is 28.7 Å². The van der Waals surface area contributed by atoms with E-state index in [1.54, 1.807) is 6.20 Å². The van der Waals surface area contributed by atoms with Crippen molar-refractivity contribution < 1.29 is 0 Å². The fraction of sp³-hybridized carbons (Fsp3) is 0.400. The lowest BCUT2D eigenvalue weighted by Crippen LogP contribution is -1.79. The number of H-pyrrole nitrogens is 1. The summed E-state index contributed by atoms with van der Waals surface area (Å²) in [6, 6.07) is 0. The van der Waals surface area contributed by atoms with Crippen LogP contribution in [-0.2, 0) is 6.42 Å². The molecule has 0 fully saturated rings. The lowest BCUT2D eigenvalue weighted by atomic mass is 10.3. The van der Waals surface area contributed by atoms with Gasteiger partial charge < -0.3 is 0 Å². The maximum atomic E-state index is 5.45. The number of alkyl halides is 1. The molecule has 0 aliphatic rings.